The molecule has 0 saturated heterocycles. The summed E-state index contributed by atoms with van der Waals surface area (Å²) in [4.78, 5) is 0. The molecule has 0 heterocycles. The summed E-state index contributed by atoms with van der Waals surface area (Å²) in [6.45, 7) is 0.253. The Morgan fingerprint density at radius 3 is 2.50 bits per heavy atom. The van der Waals surface area contributed by atoms with Crippen molar-refractivity contribution in [3.8, 4) is 0 Å². The van der Waals surface area contributed by atoms with Crippen LogP contribution in [0.5, 0.6) is 0 Å². The number of alkyl halides is 3. The zero-order chi connectivity index (χ0) is 12.0. The molecule has 0 unspecified atom stereocenters. The van der Waals surface area contributed by atoms with E-state index in [0.717, 1.165) is 6.07 Å². The Morgan fingerprint density at radius 1 is 1.19 bits per heavy atom. The van der Waals surface area contributed by atoms with Gasteiger partial charge < -0.3 is 5.32 Å². The van der Waals surface area contributed by atoms with Crippen LogP contribution in [0.15, 0.2) is 36.7 Å². The van der Waals surface area contributed by atoms with Crippen LogP contribution in [0.2, 0.25) is 0 Å². The van der Waals surface area contributed by atoms with E-state index in [2.05, 4.69) is 5.32 Å². The average molecular weight is 233 g/mol. The maximum Gasteiger partial charge on any atom is 0.416 e. The zero-order valence-corrected chi connectivity index (χ0v) is 8.39. The van der Waals surface area contributed by atoms with Crippen LogP contribution in [0.25, 0.3) is 0 Å². The molecule has 0 aromatic heterocycles. The molecule has 88 valence electrons. The number of nitrogens with one attached hydrogen (secondary N) is 1. The molecule has 0 aliphatic heterocycles. The molecule has 5 heteroatoms. The lowest BCUT2D eigenvalue weighted by atomic mass is 10.1. The largest absolute Gasteiger partial charge is 0.416 e. The first-order valence-corrected chi connectivity index (χ1v) is 4.66. The van der Waals surface area contributed by atoms with Crippen molar-refractivity contribution in [2.45, 2.75) is 12.7 Å². The molecule has 0 bridgehead atoms. The van der Waals surface area contributed by atoms with Crippen LogP contribution in [-0.2, 0) is 12.7 Å². The van der Waals surface area contributed by atoms with Gasteiger partial charge in [0.15, 0.2) is 0 Å². The molecule has 1 aromatic carbocycles. The maximum absolute atomic E-state index is 12.5. The summed E-state index contributed by atoms with van der Waals surface area (Å²) in [6.07, 6.45) is -2.81. The van der Waals surface area contributed by atoms with Crippen LogP contribution in [-0.4, -0.2) is 6.54 Å². The van der Waals surface area contributed by atoms with E-state index in [-0.39, 0.29) is 18.7 Å². The molecule has 1 aromatic rings. The summed E-state index contributed by atoms with van der Waals surface area (Å²) in [6, 6.07) is 5.31. The minimum Gasteiger partial charge on any atom is -0.309 e. The number of halogens is 4. The van der Waals surface area contributed by atoms with Crippen molar-refractivity contribution in [2.24, 2.45) is 0 Å². The quantitative estimate of drug-likeness (QED) is 0.621. The summed E-state index contributed by atoms with van der Waals surface area (Å²) >= 11 is 0. The fourth-order valence-corrected chi connectivity index (χ4v) is 1.29. The van der Waals surface area contributed by atoms with Crippen LogP contribution in [0.3, 0.4) is 0 Å². The summed E-state index contributed by atoms with van der Waals surface area (Å²) in [7, 11) is 0. The third kappa shape index (κ3) is 3.66. The van der Waals surface area contributed by atoms with Crippen LogP contribution >= 0.6 is 0 Å². The minimum absolute atomic E-state index is 0.0556. The number of hydrogen-bond acceptors (Lipinski definition) is 1. The fraction of sp³-hybridized carbons (Fsp3) is 0.273. The van der Waals surface area contributed by atoms with E-state index < -0.39 is 11.7 Å². The molecule has 0 atom stereocenters. The number of hydrogen-bond donors (Lipinski definition) is 1. The van der Waals surface area contributed by atoms with E-state index in [9.17, 15) is 17.6 Å². The molecule has 0 spiro atoms. The molecule has 0 aliphatic rings. The van der Waals surface area contributed by atoms with Crippen molar-refractivity contribution in [1.29, 1.82) is 0 Å². The molecule has 1 nitrogen and oxygen atoms in total. The predicted molar refractivity (Wildman–Crippen MR) is 53.4 cm³/mol. The standard InChI is InChI=1S/C11H11F4N/c12-6-3-7-16-8-9-4-1-2-5-10(9)11(13,14)15/h1-6,16H,7-8H2/b6-3+. The molecule has 0 amide bonds. The zero-order valence-electron chi connectivity index (χ0n) is 8.39. The van der Waals surface area contributed by atoms with Crippen LogP contribution < -0.4 is 5.32 Å². The monoisotopic (exact) mass is 233 g/mol. The Bertz CT molecular complexity index is 357. The summed E-state index contributed by atoms with van der Waals surface area (Å²) in [5.74, 6) is 0. The van der Waals surface area contributed by atoms with Gasteiger partial charge in [-0.2, -0.15) is 13.2 Å². The van der Waals surface area contributed by atoms with E-state index in [0.29, 0.717) is 6.33 Å². The number of benzene rings is 1. The third-order valence-corrected chi connectivity index (χ3v) is 1.99. The third-order valence-electron chi connectivity index (χ3n) is 1.99. The maximum atomic E-state index is 12.5. The van der Waals surface area contributed by atoms with E-state index in [1.54, 1.807) is 0 Å². The van der Waals surface area contributed by atoms with Crippen molar-refractivity contribution < 1.29 is 17.6 Å². The van der Waals surface area contributed by atoms with Gasteiger partial charge in [-0.1, -0.05) is 18.2 Å². The Morgan fingerprint density at radius 2 is 1.88 bits per heavy atom. The second kappa shape index (κ2) is 5.65. The van der Waals surface area contributed by atoms with Gasteiger partial charge >= 0.3 is 6.18 Å². The van der Waals surface area contributed by atoms with Crippen molar-refractivity contribution in [2.75, 3.05) is 6.54 Å². The molecule has 1 N–H and O–H groups in total. The topological polar surface area (TPSA) is 12.0 Å². The van der Waals surface area contributed by atoms with Crippen LogP contribution in [0, 0.1) is 0 Å². The molecule has 1 rings (SSSR count). The average Bonchev–Trinajstić information content (AvgIpc) is 2.24. The summed E-state index contributed by atoms with van der Waals surface area (Å²) < 4.78 is 49.2. The Balaban J connectivity index is 2.72. The second-order valence-corrected chi connectivity index (χ2v) is 3.15. The highest BCUT2D eigenvalue weighted by Crippen LogP contribution is 2.31. The summed E-state index contributed by atoms with van der Waals surface area (Å²) in [5, 5.41) is 2.69. The molecule has 0 saturated carbocycles. The van der Waals surface area contributed by atoms with Crippen LogP contribution in [0.1, 0.15) is 11.1 Å². The molecule has 0 aliphatic carbocycles. The van der Waals surface area contributed by atoms with Crippen molar-refractivity contribution >= 4 is 0 Å². The van der Waals surface area contributed by atoms with Gasteiger partial charge in [0.25, 0.3) is 0 Å². The smallest absolute Gasteiger partial charge is 0.309 e. The number of rotatable bonds is 4. The van der Waals surface area contributed by atoms with Crippen LogP contribution in [0.4, 0.5) is 17.6 Å². The van der Waals surface area contributed by atoms with E-state index >= 15 is 0 Å². The van der Waals surface area contributed by atoms with Gasteiger partial charge in [-0.25, -0.2) is 4.39 Å². The van der Waals surface area contributed by atoms with Crippen molar-refractivity contribution in [3.05, 3.63) is 47.8 Å². The van der Waals surface area contributed by atoms with Gasteiger partial charge in [-0.3, -0.25) is 0 Å². The van der Waals surface area contributed by atoms with Gasteiger partial charge in [-0.05, 0) is 17.7 Å². The Kier molecular flexibility index (Phi) is 4.49. The predicted octanol–water partition coefficient (Wildman–Crippen LogP) is 3.28. The molecular formula is C11H11F4N. The van der Waals surface area contributed by atoms with E-state index in [1.165, 1.54) is 24.3 Å². The second-order valence-electron chi connectivity index (χ2n) is 3.15. The minimum atomic E-state index is -4.35. The Labute approximate surface area is 90.8 Å². The van der Waals surface area contributed by atoms with Gasteiger partial charge in [0.05, 0.1) is 11.9 Å². The van der Waals surface area contributed by atoms with Crippen molar-refractivity contribution in [3.63, 3.8) is 0 Å². The SMILES string of the molecule is F/C=C/CNCc1ccccc1C(F)(F)F. The molecular weight excluding hydrogens is 222 g/mol. The molecule has 0 radical (unpaired) electrons. The lowest BCUT2D eigenvalue weighted by Gasteiger charge is -2.12. The first kappa shape index (κ1) is 12.7. The first-order valence-electron chi connectivity index (χ1n) is 4.66. The Hall–Kier alpha value is -1.36. The highest BCUT2D eigenvalue weighted by atomic mass is 19.4. The van der Waals surface area contributed by atoms with E-state index in [4.69, 9.17) is 0 Å². The normalized spacial score (nSPS) is 12.2. The molecule has 16 heavy (non-hydrogen) atoms. The van der Waals surface area contributed by atoms with Gasteiger partial charge in [0, 0.05) is 13.1 Å². The fourth-order valence-electron chi connectivity index (χ4n) is 1.29. The highest BCUT2D eigenvalue weighted by molar-refractivity contribution is 5.29. The van der Waals surface area contributed by atoms with Gasteiger partial charge in [0.1, 0.15) is 0 Å². The van der Waals surface area contributed by atoms with Gasteiger partial charge in [0.2, 0.25) is 0 Å². The molecule has 0 fully saturated rings. The summed E-state index contributed by atoms with van der Waals surface area (Å²) in [5.41, 5.74) is -0.506. The van der Waals surface area contributed by atoms with Gasteiger partial charge in [-0.15, -0.1) is 0 Å². The van der Waals surface area contributed by atoms with Crippen molar-refractivity contribution in [1.82, 2.24) is 5.32 Å². The first-order chi connectivity index (χ1) is 7.55. The highest BCUT2D eigenvalue weighted by Gasteiger charge is 2.32. The van der Waals surface area contributed by atoms with E-state index in [1.807, 2.05) is 0 Å². The lowest BCUT2D eigenvalue weighted by Crippen LogP contribution is -2.17. The lowest BCUT2D eigenvalue weighted by molar-refractivity contribution is -0.138.